The van der Waals surface area contributed by atoms with Crippen molar-refractivity contribution in [2.75, 3.05) is 7.05 Å². The summed E-state index contributed by atoms with van der Waals surface area (Å²) in [5.41, 5.74) is 1.20. The second kappa shape index (κ2) is 8.49. The predicted molar refractivity (Wildman–Crippen MR) is 90.8 cm³/mol. The van der Waals surface area contributed by atoms with Crippen molar-refractivity contribution in [1.29, 1.82) is 0 Å². The standard InChI is InChI=1S/C16H20N4O3S/c1-10(12-7-5-4-6-8-12)9-13-19-20-16(23-13)24-11(2)14(21)18-15(22)17-3/h4-8,10-11H,9H2,1-3H3,(H2,17,18,21,22). The molecular weight excluding hydrogens is 328 g/mol. The Morgan fingerprint density at radius 1 is 1.21 bits per heavy atom. The van der Waals surface area contributed by atoms with Gasteiger partial charge in [-0.25, -0.2) is 4.79 Å². The van der Waals surface area contributed by atoms with Crippen molar-refractivity contribution in [3.8, 4) is 0 Å². The van der Waals surface area contributed by atoms with Gasteiger partial charge in [-0.05, 0) is 18.4 Å². The van der Waals surface area contributed by atoms with Crippen molar-refractivity contribution in [3.05, 3.63) is 41.8 Å². The first-order valence-electron chi connectivity index (χ1n) is 7.56. The molecule has 0 fully saturated rings. The second-order valence-corrected chi connectivity index (χ2v) is 6.60. The molecule has 1 aromatic heterocycles. The zero-order valence-corrected chi connectivity index (χ0v) is 14.6. The SMILES string of the molecule is CNC(=O)NC(=O)C(C)Sc1nnc(CC(C)c2ccccc2)o1. The van der Waals surface area contributed by atoms with Gasteiger partial charge in [0, 0.05) is 13.5 Å². The fraction of sp³-hybridized carbons (Fsp3) is 0.375. The van der Waals surface area contributed by atoms with Gasteiger partial charge in [0.15, 0.2) is 0 Å². The second-order valence-electron chi connectivity index (χ2n) is 5.31. The molecule has 3 amide bonds. The summed E-state index contributed by atoms with van der Waals surface area (Å²) in [6.07, 6.45) is 0.621. The maximum atomic E-state index is 11.8. The van der Waals surface area contributed by atoms with Gasteiger partial charge in [-0.1, -0.05) is 49.0 Å². The van der Waals surface area contributed by atoms with Gasteiger partial charge in [0.2, 0.25) is 11.8 Å². The van der Waals surface area contributed by atoms with Gasteiger partial charge in [0.1, 0.15) is 0 Å². The van der Waals surface area contributed by atoms with Crippen molar-refractivity contribution >= 4 is 23.7 Å². The fourth-order valence-electron chi connectivity index (χ4n) is 2.01. The van der Waals surface area contributed by atoms with E-state index >= 15 is 0 Å². The van der Waals surface area contributed by atoms with Gasteiger partial charge >= 0.3 is 6.03 Å². The van der Waals surface area contributed by atoms with E-state index in [1.54, 1.807) is 6.92 Å². The maximum absolute atomic E-state index is 11.8. The molecule has 2 unspecified atom stereocenters. The Hall–Kier alpha value is -2.35. The van der Waals surface area contributed by atoms with Gasteiger partial charge in [-0.2, -0.15) is 0 Å². The van der Waals surface area contributed by atoms with E-state index in [1.807, 2.05) is 18.2 Å². The molecule has 1 heterocycles. The minimum absolute atomic E-state index is 0.249. The molecule has 0 aliphatic carbocycles. The topological polar surface area (TPSA) is 97.1 Å². The minimum atomic E-state index is -0.546. The summed E-state index contributed by atoms with van der Waals surface area (Å²) in [5, 5.41) is 12.3. The molecule has 0 bridgehead atoms. The molecule has 2 N–H and O–H groups in total. The third kappa shape index (κ3) is 5.09. The van der Waals surface area contributed by atoms with Gasteiger partial charge in [-0.3, -0.25) is 10.1 Å². The van der Waals surface area contributed by atoms with Crippen LogP contribution in [-0.4, -0.2) is 34.4 Å². The van der Waals surface area contributed by atoms with Crippen LogP contribution in [0.15, 0.2) is 40.0 Å². The van der Waals surface area contributed by atoms with E-state index in [0.29, 0.717) is 17.5 Å². The van der Waals surface area contributed by atoms with E-state index in [2.05, 4.69) is 39.9 Å². The number of nitrogens with zero attached hydrogens (tertiary/aromatic N) is 2. The Balaban J connectivity index is 1.91. The monoisotopic (exact) mass is 348 g/mol. The molecule has 2 rings (SSSR count). The summed E-state index contributed by atoms with van der Waals surface area (Å²) in [6, 6.07) is 9.53. The Labute approximate surface area is 144 Å². The zero-order valence-electron chi connectivity index (χ0n) is 13.8. The van der Waals surface area contributed by atoms with Crippen LogP contribution in [0.4, 0.5) is 4.79 Å². The molecule has 0 saturated carbocycles. The number of thioether (sulfide) groups is 1. The fourth-order valence-corrected chi connectivity index (χ4v) is 2.71. The molecule has 1 aromatic carbocycles. The highest BCUT2D eigenvalue weighted by Gasteiger charge is 2.20. The molecule has 0 aliphatic rings. The zero-order chi connectivity index (χ0) is 17.5. The number of nitrogens with one attached hydrogen (secondary N) is 2. The van der Waals surface area contributed by atoms with Crippen LogP contribution in [-0.2, 0) is 11.2 Å². The summed E-state index contributed by atoms with van der Waals surface area (Å²) >= 11 is 1.12. The van der Waals surface area contributed by atoms with Crippen molar-refractivity contribution < 1.29 is 14.0 Å². The van der Waals surface area contributed by atoms with Crippen LogP contribution >= 0.6 is 11.8 Å². The molecule has 8 heteroatoms. The molecule has 0 radical (unpaired) electrons. The smallest absolute Gasteiger partial charge is 0.321 e. The third-order valence-corrected chi connectivity index (χ3v) is 4.34. The summed E-state index contributed by atoms with van der Waals surface area (Å²) in [7, 11) is 1.44. The number of rotatable bonds is 6. The molecule has 128 valence electrons. The normalized spacial score (nSPS) is 13.1. The third-order valence-electron chi connectivity index (χ3n) is 3.41. The number of aromatic nitrogens is 2. The van der Waals surface area contributed by atoms with Crippen LogP contribution in [0.3, 0.4) is 0 Å². The summed E-state index contributed by atoms with van der Waals surface area (Å²) in [6.45, 7) is 3.76. The molecule has 24 heavy (non-hydrogen) atoms. The summed E-state index contributed by atoms with van der Waals surface area (Å²) < 4.78 is 5.59. The van der Waals surface area contributed by atoms with Crippen LogP contribution in [0.5, 0.6) is 0 Å². The Morgan fingerprint density at radius 2 is 1.92 bits per heavy atom. The summed E-state index contributed by atoms with van der Waals surface area (Å²) in [4.78, 5) is 22.9. The number of hydrogen-bond donors (Lipinski definition) is 2. The van der Waals surface area contributed by atoms with Gasteiger partial charge in [-0.15, -0.1) is 10.2 Å². The number of carbonyl (C=O) groups excluding carboxylic acids is 2. The first-order valence-corrected chi connectivity index (χ1v) is 8.44. The molecule has 2 atom stereocenters. The molecule has 0 saturated heterocycles. The van der Waals surface area contributed by atoms with Crippen LogP contribution in [0, 0.1) is 0 Å². The Morgan fingerprint density at radius 3 is 2.58 bits per heavy atom. The quantitative estimate of drug-likeness (QED) is 0.778. The molecule has 0 aliphatic heterocycles. The number of amides is 3. The molecule has 0 spiro atoms. The molecule has 7 nitrogen and oxygen atoms in total. The predicted octanol–water partition coefficient (Wildman–Crippen LogP) is 2.35. The lowest BCUT2D eigenvalue weighted by atomic mass is 9.98. The van der Waals surface area contributed by atoms with E-state index in [4.69, 9.17) is 4.42 Å². The van der Waals surface area contributed by atoms with E-state index in [1.165, 1.54) is 12.6 Å². The lowest BCUT2D eigenvalue weighted by molar-refractivity contribution is -0.119. The molecule has 2 aromatic rings. The van der Waals surface area contributed by atoms with Gasteiger partial charge in [0.05, 0.1) is 5.25 Å². The number of imide groups is 1. The number of urea groups is 1. The minimum Gasteiger partial charge on any atom is -0.416 e. The Bertz CT molecular complexity index is 690. The lowest BCUT2D eigenvalue weighted by Gasteiger charge is -2.09. The van der Waals surface area contributed by atoms with E-state index < -0.39 is 17.2 Å². The van der Waals surface area contributed by atoms with Crippen molar-refractivity contribution in [1.82, 2.24) is 20.8 Å². The van der Waals surface area contributed by atoms with Crippen LogP contribution in [0.2, 0.25) is 0 Å². The van der Waals surface area contributed by atoms with Crippen molar-refractivity contribution in [2.45, 2.75) is 36.7 Å². The van der Waals surface area contributed by atoms with E-state index in [-0.39, 0.29) is 5.92 Å². The maximum Gasteiger partial charge on any atom is 0.321 e. The van der Waals surface area contributed by atoms with Crippen molar-refractivity contribution in [2.24, 2.45) is 0 Å². The van der Waals surface area contributed by atoms with Crippen LogP contribution in [0.25, 0.3) is 0 Å². The van der Waals surface area contributed by atoms with Crippen molar-refractivity contribution in [3.63, 3.8) is 0 Å². The molecular formula is C16H20N4O3S. The number of hydrogen-bond acceptors (Lipinski definition) is 6. The average Bonchev–Trinajstić information content (AvgIpc) is 3.02. The van der Waals surface area contributed by atoms with Gasteiger partial charge in [0.25, 0.3) is 5.22 Å². The van der Waals surface area contributed by atoms with Crippen LogP contribution in [0.1, 0.15) is 31.2 Å². The highest BCUT2D eigenvalue weighted by molar-refractivity contribution is 8.00. The lowest BCUT2D eigenvalue weighted by Crippen LogP contribution is -2.41. The van der Waals surface area contributed by atoms with E-state index in [0.717, 1.165) is 11.8 Å². The highest BCUT2D eigenvalue weighted by atomic mass is 32.2. The van der Waals surface area contributed by atoms with Crippen LogP contribution < -0.4 is 10.6 Å². The largest absolute Gasteiger partial charge is 0.416 e. The highest BCUT2D eigenvalue weighted by Crippen LogP contribution is 2.24. The van der Waals surface area contributed by atoms with E-state index in [9.17, 15) is 9.59 Å². The Kier molecular flexibility index (Phi) is 6.36. The first-order chi connectivity index (χ1) is 11.5. The van der Waals surface area contributed by atoms with Gasteiger partial charge < -0.3 is 9.73 Å². The number of benzene rings is 1. The summed E-state index contributed by atoms with van der Waals surface area (Å²) in [5.74, 6) is 0.350. The number of carbonyl (C=O) groups is 2. The first kappa shape index (κ1) is 18.0. The average molecular weight is 348 g/mol.